The molecular formula is C33H69N4OW4-. The van der Waals surface area contributed by atoms with E-state index in [0.717, 1.165) is 0 Å². The fraction of sp³-hybridized carbons (Fsp3) is 0.485. The third-order valence-electron chi connectivity index (χ3n) is 2.03. The molecule has 42 heavy (non-hydrogen) atoms. The Balaban J connectivity index is -0.0000000209. The Bertz CT molecular complexity index is 485. The van der Waals surface area contributed by atoms with Gasteiger partial charge in [0.15, 0.2) is 0 Å². The first-order valence-electron chi connectivity index (χ1n) is 12.1. The second-order valence-electron chi connectivity index (χ2n) is 6.49. The van der Waals surface area contributed by atoms with E-state index in [1.807, 2.05) is 145 Å². The summed E-state index contributed by atoms with van der Waals surface area (Å²) in [6.07, 6.45) is 5.08. The van der Waals surface area contributed by atoms with Gasteiger partial charge in [-0.25, -0.2) is 0 Å². The smallest absolute Gasteiger partial charge is 0.0841 e. The molecule has 2 rings (SSSR count). The Morgan fingerprint density at radius 1 is 0.571 bits per heavy atom. The van der Waals surface area contributed by atoms with E-state index in [4.69, 9.17) is 5.11 Å². The van der Waals surface area contributed by atoms with E-state index in [9.17, 15) is 0 Å². The Labute approximate surface area is 323 Å². The van der Waals surface area contributed by atoms with Gasteiger partial charge in [-0.15, -0.1) is 6.58 Å². The maximum Gasteiger partial charge on any atom is 0.0841 e. The molecule has 0 spiro atoms. The average molecular weight is 1270 g/mol. The van der Waals surface area contributed by atoms with Crippen molar-refractivity contribution in [3.63, 3.8) is 0 Å². The number of aliphatic hydroxyl groups excluding tert-OH is 1. The second-order valence-corrected chi connectivity index (χ2v) is 6.49. The van der Waals surface area contributed by atoms with E-state index in [2.05, 4.69) is 16.6 Å². The minimum absolute atomic E-state index is 0. The predicted molar refractivity (Wildman–Crippen MR) is 185 cm³/mol. The van der Waals surface area contributed by atoms with E-state index in [1.54, 1.807) is 46.7 Å². The van der Waals surface area contributed by atoms with Crippen LogP contribution in [-0.4, -0.2) is 76.0 Å². The van der Waals surface area contributed by atoms with E-state index in [1.165, 1.54) is 0 Å². The fourth-order valence-corrected chi connectivity index (χ4v) is 1.23. The fourth-order valence-electron chi connectivity index (χ4n) is 1.23. The van der Waals surface area contributed by atoms with Crippen molar-refractivity contribution in [2.45, 2.75) is 69.4 Å². The molecule has 0 saturated heterocycles. The summed E-state index contributed by atoms with van der Waals surface area (Å²) in [6, 6.07) is 24.0. The van der Waals surface area contributed by atoms with Crippen molar-refractivity contribution in [3.05, 3.63) is 92.9 Å². The maximum absolute atomic E-state index is 8.06. The van der Waals surface area contributed by atoms with Gasteiger partial charge < -0.3 is 22.3 Å². The zero-order chi connectivity index (χ0) is 28.8. The third kappa shape index (κ3) is 189. The van der Waals surface area contributed by atoms with Crippen LogP contribution in [0.5, 0.6) is 0 Å². The van der Waals surface area contributed by atoms with Crippen LogP contribution in [0.15, 0.2) is 95.4 Å². The molecule has 9 heteroatoms. The SMILES string of the molecule is C.C.C=CC.CC.CC.CC(C)O.CN=CN(C)C.CN=CN(C)C.[CH3-].[W].[W].[W].[W].c1ccccc1.c1ccccc1. The van der Waals surface area contributed by atoms with Gasteiger partial charge in [-0.2, -0.15) is 0 Å². The first-order chi connectivity index (χ1) is 16.7. The summed E-state index contributed by atoms with van der Waals surface area (Å²) in [4.78, 5) is 11.2. The Morgan fingerprint density at radius 3 is 0.690 bits per heavy atom. The van der Waals surface area contributed by atoms with E-state index < -0.39 is 0 Å². The van der Waals surface area contributed by atoms with Crippen LogP contribution in [0.2, 0.25) is 0 Å². The van der Waals surface area contributed by atoms with E-state index in [0.29, 0.717) is 0 Å². The maximum atomic E-state index is 8.06. The molecule has 2 aromatic rings. The standard InChI is InChI=1S/2C6H6.2C4H10N2.C3H8O.C3H6.2C2H6.2CH4.CH3.4W/c2*1-2-4-6-5-3-1;2*1-5-4-6(2)3;1-3(2)4;1-3-2;2*1-2;;;;;;;/h2*1-6H;2*4H,1-3H3;3-4H,1-2H3;3H,1H2,2H3;2*1-2H3;2*1H4;1H3;;;;/q;;;;;;;;;;-1;;;;. The number of benzene rings is 2. The summed E-state index contributed by atoms with van der Waals surface area (Å²) < 4.78 is 0. The van der Waals surface area contributed by atoms with Crippen molar-refractivity contribution in [1.29, 1.82) is 0 Å². The molecule has 0 amide bonds. The monoisotopic (exact) mass is 1270 g/mol. The summed E-state index contributed by atoms with van der Waals surface area (Å²) in [7, 11) is 11.2. The molecule has 0 aromatic heterocycles. The first-order valence-corrected chi connectivity index (χ1v) is 12.1. The van der Waals surface area contributed by atoms with Crippen molar-refractivity contribution >= 4 is 12.7 Å². The molecule has 0 aliphatic heterocycles. The van der Waals surface area contributed by atoms with Gasteiger partial charge in [-0.05, 0) is 20.8 Å². The van der Waals surface area contributed by atoms with Crippen molar-refractivity contribution in [3.8, 4) is 0 Å². The predicted octanol–water partition coefficient (Wildman–Crippen LogP) is 9.13. The minimum atomic E-state index is -0.167. The normalized spacial score (nSPS) is 6.55. The number of nitrogens with zero attached hydrogens (tertiary/aromatic N) is 4. The average Bonchev–Trinajstić information content (AvgIpc) is 2.85. The van der Waals surface area contributed by atoms with Gasteiger partial charge >= 0.3 is 0 Å². The Hall–Kier alpha value is -0.167. The summed E-state index contributed by atoms with van der Waals surface area (Å²) in [5.74, 6) is 0. The largest absolute Gasteiger partial charge is 0.394 e. The van der Waals surface area contributed by atoms with Gasteiger partial charge in [-0.3, -0.25) is 9.98 Å². The van der Waals surface area contributed by atoms with Crippen molar-refractivity contribution in [2.75, 3.05) is 42.3 Å². The van der Waals surface area contributed by atoms with Gasteiger partial charge in [-0.1, -0.05) is 121 Å². The molecule has 0 bridgehead atoms. The van der Waals surface area contributed by atoms with Gasteiger partial charge in [0, 0.05) is 133 Å². The number of aliphatic hydroxyl groups is 1. The van der Waals surface area contributed by atoms with Gasteiger partial charge in [0.1, 0.15) is 0 Å². The molecule has 0 aliphatic rings. The topological polar surface area (TPSA) is 51.4 Å². The molecule has 0 unspecified atom stereocenters. The third-order valence-corrected chi connectivity index (χ3v) is 2.03. The van der Waals surface area contributed by atoms with Crippen LogP contribution in [0, 0.1) is 7.43 Å². The quantitative estimate of drug-likeness (QED) is 0.142. The molecule has 0 heterocycles. The first kappa shape index (κ1) is 83.9. The number of hydrogen-bond acceptors (Lipinski definition) is 3. The number of rotatable bonds is 2. The summed E-state index contributed by atoms with van der Waals surface area (Å²) >= 11 is 0. The molecule has 5 nitrogen and oxygen atoms in total. The second kappa shape index (κ2) is 97.1. The van der Waals surface area contributed by atoms with Crippen molar-refractivity contribution in [1.82, 2.24) is 9.80 Å². The van der Waals surface area contributed by atoms with Crippen molar-refractivity contribution < 1.29 is 89.4 Å². The van der Waals surface area contributed by atoms with Crippen LogP contribution in [0.3, 0.4) is 0 Å². The van der Waals surface area contributed by atoms with Gasteiger partial charge in [0.2, 0.25) is 0 Å². The van der Waals surface area contributed by atoms with Crippen LogP contribution in [0.25, 0.3) is 0 Å². The summed E-state index contributed by atoms with van der Waals surface area (Å²) in [5.41, 5.74) is 0. The number of hydrogen-bond donors (Lipinski definition) is 1. The van der Waals surface area contributed by atoms with Crippen LogP contribution >= 0.6 is 0 Å². The number of aliphatic imine (C=N–C) groups is 2. The molecule has 252 valence electrons. The molecule has 1 N–H and O–H groups in total. The van der Waals surface area contributed by atoms with Crippen LogP contribution < -0.4 is 0 Å². The van der Waals surface area contributed by atoms with Crippen LogP contribution in [-0.2, 0) is 84.3 Å². The van der Waals surface area contributed by atoms with E-state index in [-0.39, 0.29) is 113 Å². The van der Waals surface area contributed by atoms with Crippen LogP contribution in [0.4, 0.5) is 0 Å². The zero-order valence-electron chi connectivity index (χ0n) is 27.8. The van der Waals surface area contributed by atoms with E-state index >= 15 is 0 Å². The Kier molecular flexibility index (Phi) is 194. The number of allylic oxidation sites excluding steroid dienone is 1. The van der Waals surface area contributed by atoms with Crippen molar-refractivity contribution in [2.24, 2.45) is 9.98 Å². The molecule has 0 radical (unpaired) electrons. The van der Waals surface area contributed by atoms with Crippen LogP contribution in [0.1, 0.15) is 63.3 Å². The summed E-state index contributed by atoms with van der Waals surface area (Å²) in [5, 5.41) is 8.06. The Morgan fingerprint density at radius 2 is 0.667 bits per heavy atom. The molecule has 0 fully saturated rings. The summed E-state index contributed by atoms with van der Waals surface area (Å²) in [6.45, 7) is 16.7. The molecule has 0 aliphatic carbocycles. The molecule has 2 aromatic carbocycles. The van der Waals surface area contributed by atoms with Gasteiger partial charge in [0.05, 0.1) is 12.7 Å². The minimum Gasteiger partial charge on any atom is -0.394 e. The molecule has 0 saturated carbocycles. The zero-order valence-corrected chi connectivity index (χ0v) is 39.5. The van der Waals surface area contributed by atoms with Gasteiger partial charge in [0.25, 0.3) is 0 Å². The molecule has 0 atom stereocenters. The molecular weight excluding hydrogens is 1200 g/mol.